The van der Waals surface area contributed by atoms with E-state index in [9.17, 15) is 0 Å². The van der Waals surface area contributed by atoms with Crippen LogP contribution < -0.4 is 0 Å². The molecule has 0 N–H and O–H groups in total. The molecule has 62 valence electrons. The van der Waals surface area contributed by atoms with Gasteiger partial charge in [-0.15, -0.1) is 23.5 Å². The van der Waals surface area contributed by atoms with Gasteiger partial charge in [-0.05, 0) is 23.3 Å². The summed E-state index contributed by atoms with van der Waals surface area (Å²) in [7, 11) is 0. The van der Waals surface area contributed by atoms with Crippen molar-refractivity contribution in [1.82, 2.24) is 0 Å². The number of hydrogen-bond acceptors (Lipinski definition) is 2. The molecule has 1 aliphatic rings. The van der Waals surface area contributed by atoms with Crippen LogP contribution in [-0.4, -0.2) is 0 Å². The van der Waals surface area contributed by atoms with Gasteiger partial charge in [0.05, 0.1) is 4.58 Å². The summed E-state index contributed by atoms with van der Waals surface area (Å²) in [5.74, 6) is 0. The van der Waals surface area contributed by atoms with E-state index in [4.69, 9.17) is 0 Å². The summed E-state index contributed by atoms with van der Waals surface area (Å²) in [6.07, 6.45) is 0. The van der Waals surface area contributed by atoms with E-state index in [-0.39, 0.29) is 0 Å². The Morgan fingerprint density at radius 2 is 1.92 bits per heavy atom. The summed E-state index contributed by atoms with van der Waals surface area (Å²) in [5.41, 5.74) is 2.77. The number of benzene rings is 1. The third-order valence-electron chi connectivity index (χ3n) is 1.77. The Morgan fingerprint density at radius 3 is 2.58 bits per heavy atom. The molecule has 1 aliphatic heterocycles. The van der Waals surface area contributed by atoms with Crippen LogP contribution in [0.2, 0.25) is 0 Å². The summed E-state index contributed by atoms with van der Waals surface area (Å²) in [5, 5.41) is 4.33. The summed E-state index contributed by atoms with van der Waals surface area (Å²) < 4.78 is 0.588. The predicted octanol–water partition coefficient (Wildman–Crippen LogP) is 3.94. The van der Waals surface area contributed by atoms with E-state index >= 15 is 0 Å². The van der Waals surface area contributed by atoms with Crippen LogP contribution in [0.4, 0.5) is 0 Å². The van der Waals surface area contributed by atoms with E-state index in [1.165, 1.54) is 11.1 Å². The molecule has 1 heterocycles. The molecule has 0 atom stereocenters. The van der Waals surface area contributed by atoms with Gasteiger partial charge >= 0.3 is 0 Å². The zero-order chi connectivity index (χ0) is 8.39. The Balaban J connectivity index is 2.22. The average Bonchev–Trinajstić information content (AvgIpc) is 2.56. The Kier molecular flexibility index (Phi) is 2.47. The van der Waals surface area contributed by atoms with Crippen molar-refractivity contribution in [2.24, 2.45) is 0 Å². The Labute approximate surface area is 81.4 Å². The van der Waals surface area contributed by atoms with Crippen LogP contribution in [0.1, 0.15) is 15.7 Å². The number of aryl methyl sites for hydroxylation is 1. The van der Waals surface area contributed by atoms with Gasteiger partial charge in [-0.25, -0.2) is 0 Å². The van der Waals surface area contributed by atoms with E-state index in [0.717, 1.165) is 0 Å². The quantitative estimate of drug-likeness (QED) is 0.664. The second kappa shape index (κ2) is 3.58. The van der Waals surface area contributed by atoms with Crippen molar-refractivity contribution in [2.45, 2.75) is 11.5 Å². The zero-order valence-electron chi connectivity index (χ0n) is 6.86. The first-order valence-electron chi connectivity index (χ1n) is 3.89. The monoisotopic (exact) mass is 194 g/mol. The van der Waals surface area contributed by atoms with Crippen LogP contribution in [0.25, 0.3) is 0 Å². The molecule has 0 nitrogen and oxygen atoms in total. The summed E-state index contributed by atoms with van der Waals surface area (Å²) in [6, 6.07) is 8.73. The minimum absolute atomic E-state index is 0.588. The van der Waals surface area contributed by atoms with Crippen LogP contribution in [0.5, 0.6) is 0 Å². The highest BCUT2D eigenvalue weighted by molar-refractivity contribution is 8.21. The van der Waals surface area contributed by atoms with Crippen molar-refractivity contribution in [3.8, 4) is 0 Å². The predicted molar refractivity (Wildman–Crippen MR) is 58.2 cm³/mol. The minimum Gasteiger partial charge on any atom is -0.114 e. The van der Waals surface area contributed by atoms with E-state index in [0.29, 0.717) is 4.58 Å². The fourth-order valence-electron chi connectivity index (χ4n) is 1.21. The van der Waals surface area contributed by atoms with Crippen molar-refractivity contribution in [3.63, 3.8) is 0 Å². The van der Waals surface area contributed by atoms with Crippen LogP contribution in [0, 0.1) is 6.92 Å². The fourth-order valence-corrected chi connectivity index (χ4v) is 3.26. The smallest absolute Gasteiger partial charge is 0.0834 e. The molecule has 2 rings (SSSR count). The Morgan fingerprint density at radius 1 is 1.17 bits per heavy atom. The lowest BCUT2D eigenvalue weighted by Crippen LogP contribution is -1.84. The minimum atomic E-state index is 0.588. The zero-order valence-corrected chi connectivity index (χ0v) is 8.49. The van der Waals surface area contributed by atoms with E-state index < -0.39 is 0 Å². The van der Waals surface area contributed by atoms with Gasteiger partial charge < -0.3 is 0 Å². The number of hydrogen-bond donors (Lipinski definition) is 0. The van der Waals surface area contributed by atoms with Gasteiger partial charge in [-0.2, -0.15) is 0 Å². The molecule has 12 heavy (non-hydrogen) atoms. The first-order chi connectivity index (χ1) is 5.86. The maximum Gasteiger partial charge on any atom is 0.0834 e. The van der Waals surface area contributed by atoms with Gasteiger partial charge in [-0.3, -0.25) is 0 Å². The molecule has 0 fully saturated rings. The van der Waals surface area contributed by atoms with Crippen molar-refractivity contribution in [3.05, 3.63) is 46.2 Å². The topological polar surface area (TPSA) is 0 Å². The fraction of sp³-hybridized carbons (Fsp3) is 0.200. The normalized spacial score (nSPS) is 17.1. The molecule has 2 heteroatoms. The standard InChI is InChI=1S/C10H10S2/c1-8-3-2-4-9(7-8)10-11-5-6-12-10/h2-7,10H,1H3. The molecule has 0 aliphatic carbocycles. The molecule has 0 radical (unpaired) electrons. The van der Waals surface area contributed by atoms with Crippen LogP contribution in [-0.2, 0) is 0 Å². The molecule has 0 amide bonds. The van der Waals surface area contributed by atoms with Crippen molar-refractivity contribution < 1.29 is 0 Å². The largest absolute Gasteiger partial charge is 0.114 e. The van der Waals surface area contributed by atoms with Crippen LogP contribution in [0.3, 0.4) is 0 Å². The van der Waals surface area contributed by atoms with Crippen LogP contribution >= 0.6 is 23.5 Å². The van der Waals surface area contributed by atoms with Crippen LogP contribution in [0.15, 0.2) is 35.1 Å². The SMILES string of the molecule is Cc1cccc(C2SC=CS2)c1. The molecule has 1 aromatic rings. The molecular formula is C10H10S2. The van der Waals surface area contributed by atoms with Gasteiger partial charge in [0, 0.05) is 0 Å². The molecule has 0 bridgehead atoms. The molecule has 0 saturated carbocycles. The van der Waals surface area contributed by atoms with Crippen molar-refractivity contribution in [1.29, 1.82) is 0 Å². The van der Waals surface area contributed by atoms with E-state index in [1.807, 2.05) is 23.5 Å². The highest BCUT2D eigenvalue weighted by Crippen LogP contribution is 2.46. The molecule has 0 saturated heterocycles. The third kappa shape index (κ3) is 1.70. The second-order valence-corrected chi connectivity index (χ2v) is 5.12. The molecule has 1 aromatic carbocycles. The maximum absolute atomic E-state index is 2.26. The Bertz CT molecular complexity index is 296. The van der Waals surface area contributed by atoms with Gasteiger partial charge in [0.15, 0.2) is 0 Å². The van der Waals surface area contributed by atoms with Crippen molar-refractivity contribution in [2.75, 3.05) is 0 Å². The summed E-state index contributed by atoms with van der Waals surface area (Å²) in [6.45, 7) is 2.14. The number of thioether (sulfide) groups is 2. The van der Waals surface area contributed by atoms with Gasteiger partial charge in [0.1, 0.15) is 0 Å². The highest BCUT2D eigenvalue weighted by atomic mass is 32.2. The lowest BCUT2D eigenvalue weighted by atomic mass is 10.2. The molecular weight excluding hydrogens is 184 g/mol. The lowest BCUT2D eigenvalue weighted by Gasteiger charge is -2.07. The summed E-state index contributed by atoms with van der Waals surface area (Å²) >= 11 is 3.77. The molecule has 0 aromatic heterocycles. The van der Waals surface area contributed by atoms with Gasteiger partial charge in [-0.1, -0.05) is 29.8 Å². The molecule has 0 spiro atoms. The van der Waals surface area contributed by atoms with Crippen molar-refractivity contribution >= 4 is 23.5 Å². The van der Waals surface area contributed by atoms with E-state index in [2.05, 4.69) is 42.0 Å². The molecule has 0 unspecified atom stereocenters. The van der Waals surface area contributed by atoms with Gasteiger partial charge in [0.2, 0.25) is 0 Å². The summed E-state index contributed by atoms with van der Waals surface area (Å²) in [4.78, 5) is 0. The average molecular weight is 194 g/mol. The highest BCUT2D eigenvalue weighted by Gasteiger charge is 2.13. The third-order valence-corrected chi connectivity index (χ3v) is 4.24. The Hall–Kier alpha value is -0.340. The first-order valence-corrected chi connectivity index (χ1v) is 5.77. The maximum atomic E-state index is 2.26. The first kappa shape index (κ1) is 8.27. The second-order valence-electron chi connectivity index (χ2n) is 2.79. The lowest BCUT2D eigenvalue weighted by molar-refractivity contribution is 1.34. The van der Waals surface area contributed by atoms with E-state index in [1.54, 1.807) is 0 Å². The number of rotatable bonds is 1. The van der Waals surface area contributed by atoms with Gasteiger partial charge in [0.25, 0.3) is 0 Å².